The molecule has 4 unspecified atom stereocenters. The third-order valence-corrected chi connectivity index (χ3v) is 22.1. The van der Waals surface area contributed by atoms with Crippen LogP contribution in [-0.4, -0.2) is 0 Å². The number of pyridine rings is 1. The van der Waals surface area contributed by atoms with Gasteiger partial charge in [0.15, 0.2) is 12.4 Å². The maximum absolute atomic E-state index is 16.1. The van der Waals surface area contributed by atoms with E-state index < -0.39 is 46.8 Å². The zero-order valence-electron chi connectivity index (χ0n) is 45.9. The van der Waals surface area contributed by atoms with Crippen molar-refractivity contribution in [3.63, 3.8) is 0 Å². The van der Waals surface area contributed by atoms with Crippen molar-refractivity contribution in [2.75, 3.05) is 0 Å². The summed E-state index contributed by atoms with van der Waals surface area (Å²) in [5, 5.41) is 0.957. The largest absolute Gasteiger partial charge is 0.462 e. The molecule has 0 radical (unpaired) electrons. The predicted octanol–water partition coefficient (Wildman–Crippen LogP) is 16.0. The minimum Gasteiger partial charge on any atom is -0.450 e. The van der Waals surface area contributed by atoms with Crippen molar-refractivity contribution < 1.29 is 54.9 Å². The molecule has 5 aliphatic rings. The SMILES string of the molecule is CCC1c2cc3c4cc2OC(c2ccc(-c5cc[n+](C)cc5)cc2)Oc2cc5c(cc21)C(CC)c1cc2c(cc1OP(=O)(c1ccccc1)O5)OP(=O)(c1ccccc1)Oc1cc(c(cc1C2CC)C3CC)OP(=O)(c1ccccc1)O4. The normalized spacial score (nSPS) is 24.1. The molecule has 0 N–H and O–H groups in total. The van der Waals surface area contributed by atoms with Gasteiger partial charge in [-0.25, -0.2) is 18.3 Å². The van der Waals surface area contributed by atoms with E-state index >= 15 is 13.7 Å². The molecule has 1 aromatic heterocycles. The molecule has 4 aliphatic heterocycles. The second kappa shape index (κ2) is 20.2. The number of hydrogen-bond donors (Lipinski definition) is 0. The Bertz CT molecular complexity index is 3950. The van der Waals surface area contributed by atoms with Gasteiger partial charge in [0, 0.05) is 110 Å². The molecule has 8 aromatic carbocycles. The van der Waals surface area contributed by atoms with Crippen LogP contribution in [-0.2, 0) is 20.7 Å². The van der Waals surface area contributed by atoms with Gasteiger partial charge < -0.3 is 36.6 Å². The summed E-state index contributed by atoms with van der Waals surface area (Å²) in [5.74, 6) is 1.03. The minimum atomic E-state index is -4.38. The zero-order valence-corrected chi connectivity index (χ0v) is 48.6. The number of hydrogen-bond acceptors (Lipinski definition) is 11. The van der Waals surface area contributed by atoms with E-state index in [-0.39, 0.29) is 28.9 Å². The highest BCUT2D eigenvalue weighted by Gasteiger charge is 2.46. The molecule has 4 atom stereocenters. The van der Waals surface area contributed by atoms with Gasteiger partial charge in [0.25, 0.3) is 6.29 Å². The van der Waals surface area contributed by atoms with Crippen molar-refractivity contribution in [3.8, 4) is 57.1 Å². The van der Waals surface area contributed by atoms with Crippen LogP contribution < -0.4 is 57.1 Å². The fourth-order valence-electron chi connectivity index (χ4n) is 12.6. The molecule has 1 aliphatic carbocycles. The molecule has 8 bridgehead atoms. The zero-order chi connectivity index (χ0) is 56.1. The van der Waals surface area contributed by atoms with Gasteiger partial charge in [0.1, 0.15) is 53.0 Å². The summed E-state index contributed by atoms with van der Waals surface area (Å²) >= 11 is 0. The molecular weight excluding hydrogens is 1090 g/mol. The van der Waals surface area contributed by atoms with Crippen LogP contribution in [0.3, 0.4) is 0 Å². The quantitative estimate of drug-likeness (QED) is 0.101. The van der Waals surface area contributed by atoms with Crippen molar-refractivity contribution in [1.29, 1.82) is 0 Å². The molecule has 12 nitrogen and oxygen atoms in total. The van der Waals surface area contributed by atoms with Crippen LogP contribution in [0, 0.1) is 0 Å². The first-order chi connectivity index (χ1) is 39.9. The monoisotopic (exact) mass is 1150 g/mol. The Morgan fingerprint density at radius 1 is 0.341 bits per heavy atom. The second-order valence-electron chi connectivity index (χ2n) is 21.5. The average molecular weight is 1150 g/mol. The Hall–Kier alpha value is -8.00. The smallest absolute Gasteiger partial charge is 0.450 e. The van der Waals surface area contributed by atoms with Gasteiger partial charge in [-0.05, 0) is 97.5 Å². The van der Waals surface area contributed by atoms with E-state index in [1.54, 1.807) is 84.9 Å². The lowest BCUT2D eigenvalue weighted by atomic mass is 9.77. The summed E-state index contributed by atoms with van der Waals surface area (Å²) in [5.41, 5.74) is 9.02. The van der Waals surface area contributed by atoms with Crippen molar-refractivity contribution >= 4 is 38.7 Å². The van der Waals surface area contributed by atoms with Crippen LogP contribution in [0.25, 0.3) is 11.1 Å². The molecule has 0 fully saturated rings. The molecule has 5 heterocycles. The van der Waals surface area contributed by atoms with E-state index in [0.29, 0.717) is 64.6 Å². The highest BCUT2D eigenvalue weighted by Crippen LogP contribution is 2.64. The lowest BCUT2D eigenvalue weighted by Crippen LogP contribution is -2.25. The van der Waals surface area contributed by atoms with Gasteiger partial charge in [-0.2, -0.15) is 0 Å². The summed E-state index contributed by atoms with van der Waals surface area (Å²) in [6.07, 6.45) is 5.27. The molecule has 0 saturated carbocycles. The first-order valence-electron chi connectivity index (χ1n) is 28.1. The van der Waals surface area contributed by atoms with Crippen LogP contribution >= 0.6 is 22.8 Å². The third kappa shape index (κ3) is 8.72. The lowest BCUT2D eigenvalue weighted by Gasteiger charge is -2.37. The van der Waals surface area contributed by atoms with Crippen molar-refractivity contribution in [1.82, 2.24) is 0 Å². The van der Waals surface area contributed by atoms with Crippen LogP contribution in [0.15, 0.2) is 188 Å². The first kappa shape index (κ1) is 52.1. The highest BCUT2D eigenvalue weighted by molar-refractivity contribution is 7.63. The molecule has 0 amide bonds. The Kier molecular flexibility index (Phi) is 12.8. The standard InChI is InChI=1S/C67H59NO11P3/c1-6-47-51-33-53-48(7-2)55-35-57-50(9-4)58-36-56-49(8-3)54-34-52(47)60-38-62(54)75-81(70,45-21-15-11-16-22-45)77-64(56)40-66(58)79-82(71,46-23-17-12-18-24-46)78-65(57)39-63(55)76-80(69,44-19-13-10-14-20-44)74-61(53)37-59(51)72-67(73-60)43-27-25-41(26-28-43)42-29-31-68(5)32-30-42/h10-40,47-50,67H,6-9H2,1-5H3/q+1. The number of aryl methyl sites for hydroxylation is 1. The molecule has 82 heavy (non-hydrogen) atoms. The van der Waals surface area contributed by atoms with E-state index in [9.17, 15) is 0 Å². The average Bonchev–Trinajstić information content (AvgIpc) is 3.12. The molecule has 9 aromatic rings. The van der Waals surface area contributed by atoms with E-state index in [2.05, 4.69) is 76.2 Å². The van der Waals surface area contributed by atoms with Gasteiger partial charge in [0.05, 0.1) is 15.9 Å². The van der Waals surface area contributed by atoms with Crippen LogP contribution in [0.2, 0.25) is 0 Å². The van der Waals surface area contributed by atoms with Gasteiger partial charge in [-0.1, -0.05) is 107 Å². The van der Waals surface area contributed by atoms with E-state index in [1.165, 1.54) is 0 Å². The molecule has 14 rings (SSSR count). The lowest BCUT2D eigenvalue weighted by molar-refractivity contribution is -0.671. The Morgan fingerprint density at radius 2 is 0.610 bits per heavy atom. The third-order valence-electron chi connectivity index (χ3n) is 16.7. The summed E-state index contributed by atoms with van der Waals surface area (Å²) < 4.78 is 106. The number of rotatable bonds is 9. The summed E-state index contributed by atoms with van der Waals surface area (Å²) in [6.45, 7) is 8.48. The number of aromatic nitrogens is 1. The fourth-order valence-corrected chi connectivity index (χ4v) is 17.4. The van der Waals surface area contributed by atoms with Crippen molar-refractivity contribution in [3.05, 3.63) is 238 Å². The number of benzene rings is 8. The first-order valence-corrected chi connectivity index (χ1v) is 32.7. The highest BCUT2D eigenvalue weighted by atomic mass is 31.2. The molecule has 412 valence electrons. The van der Waals surface area contributed by atoms with Crippen molar-refractivity contribution in [2.24, 2.45) is 7.05 Å². The summed E-state index contributed by atoms with van der Waals surface area (Å²) in [7, 11) is -11.1. The van der Waals surface area contributed by atoms with E-state index in [0.717, 1.165) is 61.2 Å². The molecule has 15 heteroatoms. The van der Waals surface area contributed by atoms with Gasteiger partial charge in [0.2, 0.25) is 0 Å². The minimum absolute atomic E-state index is 0.244. The van der Waals surface area contributed by atoms with E-state index in [4.69, 9.17) is 36.6 Å². The van der Waals surface area contributed by atoms with E-state index in [1.807, 2.05) is 66.5 Å². The topological polar surface area (TPSA) is 129 Å². The maximum atomic E-state index is 16.1. The Morgan fingerprint density at radius 3 is 0.902 bits per heavy atom. The van der Waals surface area contributed by atoms with Crippen molar-refractivity contribution in [2.45, 2.75) is 83.3 Å². The van der Waals surface area contributed by atoms with Crippen LogP contribution in [0.4, 0.5) is 0 Å². The van der Waals surface area contributed by atoms with Gasteiger partial charge >= 0.3 is 22.8 Å². The van der Waals surface area contributed by atoms with Crippen LogP contribution in [0.1, 0.15) is 133 Å². The summed E-state index contributed by atoms with van der Waals surface area (Å²) in [4.78, 5) is 0. The number of nitrogens with zero attached hydrogens (tertiary/aromatic N) is 1. The predicted molar refractivity (Wildman–Crippen MR) is 316 cm³/mol. The molecule has 0 spiro atoms. The maximum Gasteiger partial charge on any atom is 0.462 e. The Labute approximate surface area is 477 Å². The van der Waals surface area contributed by atoms with Gasteiger partial charge in [-0.15, -0.1) is 0 Å². The molecular formula is C67H59NO11P3+. The Balaban J connectivity index is 1.10. The fraction of sp³-hybridized carbons (Fsp3) is 0.209. The molecule has 0 saturated heterocycles. The second-order valence-corrected chi connectivity index (χ2v) is 27.2. The van der Waals surface area contributed by atoms with Gasteiger partial charge in [-0.3, -0.25) is 0 Å². The summed E-state index contributed by atoms with van der Waals surface area (Å²) in [6, 6.07) is 54.6. The number of ether oxygens (including phenoxy) is 2. The van der Waals surface area contributed by atoms with Crippen LogP contribution in [0.5, 0.6) is 46.0 Å².